The number of amides is 1. The molecule has 136 valence electrons. The Kier molecular flexibility index (Phi) is 4.41. The highest BCUT2D eigenvalue weighted by Gasteiger charge is 2.46. The van der Waals surface area contributed by atoms with Crippen LogP contribution in [0.5, 0.6) is 0 Å². The lowest BCUT2D eigenvalue weighted by molar-refractivity contribution is -0.127. The third-order valence-corrected chi connectivity index (χ3v) is 6.06. The lowest BCUT2D eigenvalue weighted by Gasteiger charge is -2.49. The lowest BCUT2D eigenvalue weighted by Crippen LogP contribution is -2.55. The first-order valence-corrected chi connectivity index (χ1v) is 9.30. The van der Waals surface area contributed by atoms with Gasteiger partial charge >= 0.3 is 0 Å². The first-order valence-electron chi connectivity index (χ1n) is 9.30. The number of unbranched alkanes of at least 4 members (excludes halogenated alkanes) is 1. The number of benzene rings is 1. The third-order valence-electron chi connectivity index (χ3n) is 6.06. The zero-order valence-electron chi connectivity index (χ0n) is 14.8. The Hall–Kier alpha value is -2.39. The van der Waals surface area contributed by atoms with Gasteiger partial charge in [-0.1, -0.05) is 0 Å². The van der Waals surface area contributed by atoms with E-state index in [1.165, 1.54) is 6.07 Å². The number of likely N-dealkylation sites (tertiary alicyclic amines) is 1. The second-order valence-corrected chi connectivity index (χ2v) is 7.35. The second-order valence-electron chi connectivity index (χ2n) is 7.35. The van der Waals surface area contributed by atoms with Gasteiger partial charge in [0.05, 0.1) is 11.6 Å². The van der Waals surface area contributed by atoms with Gasteiger partial charge in [-0.05, 0) is 56.0 Å². The van der Waals surface area contributed by atoms with Crippen molar-refractivity contribution in [3.8, 4) is 6.07 Å². The number of carbonyl (C=O) groups excluding carboxylic acids is 1. The zero-order chi connectivity index (χ0) is 18.1. The number of halogens is 1. The van der Waals surface area contributed by atoms with Gasteiger partial charge in [-0.2, -0.15) is 5.26 Å². The molecule has 0 bridgehead atoms. The van der Waals surface area contributed by atoms with Crippen molar-refractivity contribution in [1.29, 1.82) is 5.26 Å². The van der Waals surface area contributed by atoms with Gasteiger partial charge in [0.25, 0.3) is 0 Å². The van der Waals surface area contributed by atoms with Crippen LogP contribution in [0.4, 0.5) is 4.39 Å². The number of aromatic amines is 1. The molecule has 1 amide bonds. The molecule has 3 heterocycles. The van der Waals surface area contributed by atoms with Gasteiger partial charge in [-0.25, -0.2) is 4.39 Å². The fourth-order valence-corrected chi connectivity index (χ4v) is 4.69. The highest BCUT2D eigenvalue weighted by Crippen LogP contribution is 2.44. The molecule has 0 unspecified atom stereocenters. The Morgan fingerprint density at radius 1 is 1.31 bits per heavy atom. The molecule has 2 aliphatic rings. The highest BCUT2D eigenvalue weighted by molar-refractivity contribution is 5.85. The normalized spacial score (nSPS) is 19.5. The monoisotopic (exact) mass is 354 g/mol. The number of hydrogen-bond donors (Lipinski definition) is 1. The van der Waals surface area contributed by atoms with Gasteiger partial charge in [0.1, 0.15) is 5.82 Å². The van der Waals surface area contributed by atoms with E-state index in [4.69, 9.17) is 5.26 Å². The molecule has 0 aliphatic carbocycles. The number of fused-ring (bicyclic) bond motifs is 4. The molecule has 6 heteroatoms. The molecule has 1 N–H and O–H groups in total. The molecule has 0 saturated carbocycles. The Labute approximate surface area is 152 Å². The zero-order valence-corrected chi connectivity index (χ0v) is 14.8. The van der Waals surface area contributed by atoms with Crippen molar-refractivity contribution in [2.24, 2.45) is 0 Å². The number of hydrogen-bond acceptors (Lipinski definition) is 3. The van der Waals surface area contributed by atoms with E-state index in [1.54, 1.807) is 12.1 Å². The number of carbonyl (C=O) groups is 1. The van der Waals surface area contributed by atoms with Crippen molar-refractivity contribution in [1.82, 2.24) is 14.8 Å². The molecule has 4 rings (SSSR count). The maximum absolute atomic E-state index is 13.7. The van der Waals surface area contributed by atoms with Crippen molar-refractivity contribution in [3.63, 3.8) is 0 Å². The molecule has 1 fully saturated rings. The molecule has 0 atom stereocenters. The first-order chi connectivity index (χ1) is 12.7. The van der Waals surface area contributed by atoms with Crippen LogP contribution in [-0.2, 0) is 16.8 Å². The minimum Gasteiger partial charge on any atom is -0.356 e. The summed E-state index contributed by atoms with van der Waals surface area (Å²) in [5.74, 6) is -0.224. The molecule has 1 spiro atoms. The second kappa shape index (κ2) is 6.73. The summed E-state index contributed by atoms with van der Waals surface area (Å²) in [7, 11) is 0. The summed E-state index contributed by atoms with van der Waals surface area (Å²) in [5.41, 5.74) is 2.87. The van der Waals surface area contributed by atoms with Gasteiger partial charge in [-0.15, -0.1) is 0 Å². The van der Waals surface area contributed by atoms with Gasteiger partial charge in [0.15, 0.2) is 0 Å². The minimum atomic E-state index is -0.323. The molecular weight excluding hydrogens is 331 g/mol. The predicted molar refractivity (Wildman–Crippen MR) is 96.9 cm³/mol. The van der Waals surface area contributed by atoms with Crippen LogP contribution in [0.25, 0.3) is 10.9 Å². The van der Waals surface area contributed by atoms with Crippen molar-refractivity contribution in [2.75, 3.05) is 26.2 Å². The largest absolute Gasteiger partial charge is 0.356 e. The summed E-state index contributed by atoms with van der Waals surface area (Å²) in [6, 6.07) is 7.07. The van der Waals surface area contributed by atoms with Crippen molar-refractivity contribution < 1.29 is 9.18 Å². The van der Waals surface area contributed by atoms with E-state index in [1.807, 2.05) is 4.90 Å². The number of rotatable bonds is 4. The SMILES string of the molecule is N#CCCCN1CCC2(CC1)c1[nH]c3ccc(F)cc3c1CCN2C=O. The summed E-state index contributed by atoms with van der Waals surface area (Å²) < 4.78 is 13.7. The van der Waals surface area contributed by atoms with Crippen LogP contribution in [0, 0.1) is 17.1 Å². The topological polar surface area (TPSA) is 63.1 Å². The molecule has 26 heavy (non-hydrogen) atoms. The summed E-state index contributed by atoms with van der Waals surface area (Å²) in [5, 5.41) is 9.66. The third kappa shape index (κ3) is 2.67. The van der Waals surface area contributed by atoms with Gasteiger partial charge in [-0.3, -0.25) is 4.79 Å². The molecule has 2 aliphatic heterocycles. The van der Waals surface area contributed by atoms with Crippen LogP contribution < -0.4 is 0 Å². The van der Waals surface area contributed by atoms with Crippen LogP contribution in [-0.4, -0.2) is 47.4 Å². The fraction of sp³-hybridized carbons (Fsp3) is 0.500. The number of piperidine rings is 1. The number of nitrogens with one attached hydrogen (secondary N) is 1. The Morgan fingerprint density at radius 2 is 2.12 bits per heavy atom. The molecular formula is C20H23FN4O. The summed E-state index contributed by atoms with van der Waals surface area (Å²) in [6.07, 6.45) is 4.92. The smallest absolute Gasteiger partial charge is 0.210 e. The minimum absolute atomic E-state index is 0.224. The summed E-state index contributed by atoms with van der Waals surface area (Å²) in [4.78, 5) is 19.6. The fourth-order valence-electron chi connectivity index (χ4n) is 4.69. The maximum atomic E-state index is 13.7. The Bertz CT molecular complexity index is 861. The van der Waals surface area contributed by atoms with Crippen molar-refractivity contribution in [3.05, 3.63) is 35.3 Å². The van der Waals surface area contributed by atoms with E-state index in [0.717, 1.165) is 73.9 Å². The number of H-pyrrole nitrogens is 1. The van der Waals surface area contributed by atoms with Gasteiger partial charge < -0.3 is 14.8 Å². The molecule has 1 saturated heterocycles. The Morgan fingerprint density at radius 3 is 2.85 bits per heavy atom. The van der Waals surface area contributed by atoms with Crippen LogP contribution in [0.1, 0.15) is 36.9 Å². The number of nitriles is 1. The standard InChI is InChI=1S/C20H23FN4O/c21-15-3-4-18-17(13-15)16-5-10-25(14-26)20(19(16)23-18)6-11-24(12-7-20)9-2-1-8-22/h3-4,13-14,23H,1-2,5-7,9-12H2. The molecule has 1 aromatic heterocycles. The average Bonchev–Trinajstić information content (AvgIpc) is 3.03. The van der Waals surface area contributed by atoms with Gasteiger partial charge in [0.2, 0.25) is 6.41 Å². The molecule has 5 nitrogen and oxygen atoms in total. The van der Waals surface area contributed by atoms with Crippen molar-refractivity contribution in [2.45, 2.75) is 37.6 Å². The van der Waals surface area contributed by atoms with E-state index in [9.17, 15) is 9.18 Å². The van der Waals surface area contributed by atoms with E-state index in [2.05, 4.69) is 16.0 Å². The summed E-state index contributed by atoms with van der Waals surface area (Å²) >= 11 is 0. The quantitative estimate of drug-likeness (QED) is 0.678. The molecule has 1 aromatic carbocycles. The van der Waals surface area contributed by atoms with E-state index in [0.29, 0.717) is 13.0 Å². The summed E-state index contributed by atoms with van der Waals surface area (Å²) in [6.45, 7) is 3.40. The Balaban J connectivity index is 1.66. The van der Waals surface area contributed by atoms with E-state index < -0.39 is 0 Å². The van der Waals surface area contributed by atoms with Crippen LogP contribution in [0.15, 0.2) is 18.2 Å². The van der Waals surface area contributed by atoms with Crippen LogP contribution in [0.2, 0.25) is 0 Å². The first kappa shape index (κ1) is 17.0. The molecule has 0 radical (unpaired) electrons. The van der Waals surface area contributed by atoms with E-state index >= 15 is 0 Å². The maximum Gasteiger partial charge on any atom is 0.210 e. The van der Waals surface area contributed by atoms with Crippen LogP contribution >= 0.6 is 0 Å². The highest BCUT2D eigenvalue weighted by atomic mass is 19.1. The average molecular weight is 354 g/mol. The number of aromatic nitrogens is 1. The van der Waals surface area contributed by atoms with Gasteiger partial charge in [0, 0.05) is 42.7 Å². The molecule has 2 aromatic rings. The van der Waals surface area contributed by atoms with E-state index in [-0.39, 0.29) is 11.4 Å². The number of nitrogens with zero attached hydrogens (tertiary/aromatic N) is 3. The van der Waals surface area contributed by atoms with Crippen molar-refractivity contribution >= 4 is 17.3 Å². The lowest BCUT2D eigenvalue weighted by atomic mass is 9.78. The van der Waals surface area contributed by atoms with Crippen LogP contribution in [0.3, 0.4) is 0 Å². The predicted octanol–water partition coefficient (Wildman–Crippen LogP) is 2.92.